The van der Waals surface area contributed by atoms with Gasteiger partial charge in [0.2, 0.25) is 29.5 Å². The number of hydrogen-bond donors (Lipinski definition) is 5. The van der Waals surface area contributed by atoms with E-state index in [4.69, 9.17) is 15.5 Å². The second kappa shape index (κ2) is 24.3. The number of carbonyl (C=O) groups is 6. The normalized spacial score (nSPS) is 17.6. The van der Waals surface area contributed by atoms with E-state index in [0.717, 1.165) is 37.3 Å². The lowest BCUT2D eigenvalue weighted by atomic mass is 9.87. The van der Waals surface area contributed by atoms with Crippen LogP contribution in [-0.2, 0) is 45.0 Å². The van der Waals surface area contributed by atoms with Crippen LogP contribution in [0.5, 0.6) is 0 Å². The lowest BCUT2D eigenvalue weighted by Crippen LogP contribution is -2.64. The molecule has 6 N–H and O–H groups in total. The van der Waals surface area contributed by atoms with E-state index >= 15 is 0 Å². The molecule has 17 heteroatoms. The van der Waals surface area contributed by atoms with Gasteiger partial charge in [-0.05, 0) is 49.9 Å². The standard InChI is InChI=1S/C39H62N8O7S2/c1-6-27(4)35(36(40)51)45-37(52)31(22-26(2)3)44-38(53)39(14-18-54-19-15-39)46-33(49)13-21-56-25-30-9-7-8-29(42-30)24-55-20-12-32(48)43-28-10-16-47(17-11-28)23-34(50)41-5/h7-9,26-28,31,35H,5-6,10-25H2,1-4H3,(H2,40,51)(H,43,48)(H,44,53)(H,45,52)(H,46,49)/t27-,31-,35-/m0/s1. The van der Waals surface area contributed by atoms with Crippen molar-refractivity contribution in [3.63, 3.8) is 0 Å². The largest absolute Gasteiger partial charge is 0.381 e. The van der Waals surface area contributed by atoms with Crippen LogP contribution >= 0.6 is 23.5 Å². The Hall–Kier alpha value is -3.54. The van der Waals surface area contributed by atoms with Gasteiger partial charge in [0.1, 0.15) is 17.6 Å². The summed E-state index contributed by atoms with van der Waals surface area (Å²) in [7, 11) is 0. The Morgan fingerprint density at radius 1 is 0.982 bits per heavy atom. The molecule has 2 fully saturated rings. The highest BCUT2D eigenvalue weighted by Gasteiger charge is 2.43. The summed E-state index contributed by atoms with van der Waals surface area (Å²) < 4.78 is 5.53. The molecule has 3 atom stereocenters. The molecule has 312 valence electrons. The van der Waals surface area contributed by atoms with Gasteiger partial charge in [0.15, 0.2) is 0 Å². The Balaban J connectivity index is 1.42. The van der Waals surface area contributed by atoms with Gasteiger partial charge in [-0.2, -0.15) is 23.5 Å². The molecular weight excluding hydrogens is 757 g/mol. The molecule has 0 aliphatic carbocycles. The number of nitrogens with one attached hydrogen (secondary N) is 4. The molecule has 0 unspecified atom stereocenters. The highest BCUT2D eigenvalue weighted by Crippen LogP contribution is 2.23. The molecular formula is C39H62N8O7S2. The Labute approximate surface area is 340 Å². The highest BCUT2D eigenvalue weighted by atomic mass is 32.2. The Bertz CT molecular complexity index is 1480. The first kappa shape index (κ1) is 46.8. The number of hydrogen-bond acceptors (Lipinski definition) is 11. The number of rotatable bonds is 23. The number of carbonyl (C=O) groups excluding carboxylic acids is 6. The van der Waals surface area contributed by atoms with E-state index in [1.165, 1.54) is 0 Å². The molecule has 2 saturated heterocycles. The number of likely N-dealkylation sites (tertiary alicyclic amines) is 1. The van der Waals surface area contributed by atoms with Crippen molar-refractivity contribution in [2.75, 3.05) is 44.4 Å². The van der Waals surface area contributed by atoms with E-state index in [9.17, 15) is 28.8 Å². The van der Waals surface area contributed by atoms with Crippen molar-refractivity contribution < 1.29 is 33.5 Å². The average Bonchev–Trinajstić information content (AvgIpc) is 3.17. The minimum Gasteiger partial charge on any atom is -0.381 e. The summed E-state index contributed by atoms with van der Waals surface area (Å²) >= 11 is 3.22. The second-order valence-electron chi connectivity index (χ2n) is 15.1. The molecule has 0 radical (unpaired) electrons. The first-order valence-electron chi connectivity index (χ1n) is 19.7. The molecule has 0 aromatic carbocycles. The summed E-state index contributed by atoms with van der Waals surface area (Å²) in [6, 6.07) is 4.21. The molecule has 6 amide bonds. The van der Waals surface area contributed by atoms with Crippen LogP contribution < -0.4 is 27.0 Å². The summed E-state index contributed by atoms with van der Waals surface area (Å²) in [5.74, 6) is 0.323. The highest BCUT2D eigenvalue weighted by molar-refractivity contribution is 7.98. The van der Waals surface area contributed by atoms with Gasteiger partial charge < -0.3 is 31.7 Å². The van der Waals surface area contributed by atoms with Crippen molar-refractivity contribution in [2.45, 2.75) is 114 Å². The van der Waals surface area contributed by atoms with E-state index in [-0.39, 0.29) is 74.6 Å². The zero-order valence-electron chi connectivity index (χ0n) is 33.4. The van der Waals surface area contributed by atoms with Gasteiger partial charge in [-0.15, -0.1) is 0 Å². The number of pyridine rings is 1. The fourth-order valence-corrected chi connectivity index (χ4v) is 8.28. The van der Waals surface area contributed by atoms with Gasteiger partial charge >= 0.3 is 0 Å². The van der Waals surface area contributed by atoms with Crippen LogP contribution in [0, 0.1) is 11.8 Å². The monoisotopic (exact) mass is 818 g/mol. The second-order valence-corrected chi connectivity index (χ2v) is 17.3. The van der Waals surface area contributed by atoms with Gasteiger partial charge in [0.25, 0.3) is 5.91 Å². The quantitative estimate of drug-likeness (QED) is 0.0799. The predicted octanol–water partition coefficient (Wildman–Crippen LogP) is 2.35. The average molecular weight is 819 g/mol. The van der Waals surface area contributed by atoms with Crippen LogP contribution in [0.15, 0.2) is 23.2 Å². The molecule has 1 aromatic heterocycles. The molecule has 0 bridgehead atoms. The lowest BCUT2D eigenvalue weighted by molar-refractivity contribution is -0.140. The molecule has 2 aliphatic heterocycles. The maximum atomic E-state index is 13.9. The smallest absolute Gasteiger partial charge is 0.259 e. The number of aromatic nitrogens is 1. The zero-order chi connectivity index (χ0) is 41.1. The molecule has 3 heterocycles. The topological polar surface area (TPSA) is 214 Å². The first-order chi connectivity index (χ1) is 26.7. The van der Waals surface area contributed by atoms with Crippen LogP contribution in [0.2, 0.25) is 0 Å². The molecule has 15 nitrogen and oxygen atoms in total. The van der Waals surface area contributed by atoms with Gasteiger partial charge in [-0.25, -0.2) is 4.99 Å². The lowest BCUT2D eigenvalue weighted by Gasteiger charge is -2.38. The first-order valence-corrected chi connectivity index (χ1v) is 22.0. The van der Waals surface area contributed by atoms with E-state index in [2.05, 4.69) is 33.0 Å². The molecule has 56 heavy (non-hydrogen) atoms. The summed E-state index contributed by atoms with van der Waals surface area (Å²) in [5, 5.41) is 11.7. The van der Waals surface area contributed by atoms with Crippen LogP contribution in [0.4, 0.5) is 0 Å². The summed E-state index contributed by atoms with van der Waals surface area (Å²) in [5.41, 5.74) is 6.17. The van der Waals surface area contributed by atoms with Gasteiger partial charge in [-0.3, -0.25) is 38.7 Å². The number of thioether (sulfide) groups is 2. The van der Waals surface area contributed by atoms with E-state index in [0.29, 0.717) is 42.3 Å². The predicted molar refractivity (Wildman–Crippen MR) is 221 cm³/mol. The van der Waals surface area contributed by atoms with Gasteiger partial charge in [-0.1, -0.05) is 40.2 Å². The molecule has 3 rings (SSSR count). The third-order valence-electron chi connectivity index (χ3n) is 10.1. The third-order valence-corrected chi connectivity index (χ3v) is 12.1. The number of primary amides is 1. The molecule has 0 saturated carbocycles. The number of aliphatic imine (C=N–C) groups is 1. The fourth-order valence-electron chi connectivity index (χ4n) is 6.59. The van der Waals surface area contributed by atoms with E-state index < -0.39 is 35.3 Å². The van der Waals surface area contributed by atoms with Crippen LogP contribution in [0.25, 0.3) is 0 Å². The van der Waals surface area contributed by atoms with Gasteiger partial charge in [0, 0.05) is 81.0 Å². The zero-order valence-corrected chi connectivity index (χ0v) is 35.1. The van der Waals surface area contributed by atoms with Gasteiger partial charge in [0.05, 0.1) is 17.9 Å². The SMILES string of the molecule is C=NC(=O)CN1CCC(NC(=O)CCSCc2cccc(CSCCC(=O)NC3(C(=O)N[C@@H](CC(C)C)C(=O)N[C@H](C(N)=O)[C@@H](C)CC)CCOCC3)n2)CC1. The van der Waals surface area contributed by atoms with E-state index in [1.807, 2.05) is 50.8 Å². The van der Waals surface area contributed by atoms with E-state index in [1.54, 1.807) is 23.5 Å². The number of nitrogens with zero attached hydrogens (tertiary/aromatic N) is 3. The Morgan fingerprint density at radius 2 is 1.59 bits per heavy atom. The number of nitrogens with two attached hydrogens (primary N) is 1. The van der Waals surface area contributed by atoms with Crippen molar-refractivity contribution in [1.29, 1.82) is 0 Å². The minimum absolute atomic E-state index is 0.0280. The molecule has 1 aromatic rings. The van der Waals surface area contributed by atoms with Crippen molar-refractivity contribution >= 4 is 65.7 Å². The number of piperidine rings is 1. The van der Waals surface area contributed by atoms with Crippen molar-refractivity contribution in [3.05, 3.63) is 29.6 Å². The Kier molecular flexibility index (Phi) is 20.3. The third kappa shape index (κ3) is 16.1. The van der Waals surface area contributed by atoms with Crippen LogP contribution in [0.3, 0.4) is 0 Å². The van der Waals surface area contributed by atoms with Crippen molar-refractivity contribution in [1.82, 2.24) is 31.2 Å². The number of ether oxygens (including phenoxy) is 1. The number of amides is 6. The summed E-state index contributed by atoms with van der Waals surface area (Å²) in [6.45, 7) is 13.2. The van der Waals surface area contributed by atoms with Crippen LogP contribution in [-0.4, -0.2) is 120 Å². The Morgan fingerprint density at radius 3 is 2.14 bits per heavy atom. The maximum absolute atomic E-state index is 13.9. The van der Waals surface area contributed by atoms with Crippen molar-refractivity contribution in [3.8, 4) is 0 Å². The fraction of sp³-hybridized carbons (Fsp3) is 0.692. The van der Waals surface area contributed by atoms with Crippen LogP contribution in [0.1, 0.15) is 90.4 Å². The summed E-state index contributed by atoms with van der Waals surface area (Å²) in [6.07, 6.45) is 3.72. The van der Waals surface area contributed by atoms with Crippen molar-refractivity contribution in [2.24, 2.45) is 22.6 Å². The molecule has 2 aliphatic rings. The maximum Gasteiger partial charge on any atom is 0.259 e. The minimum atomic E-state index is -1.23. The molecule has 0 spiro atoms. The summed E-state index contributed by atoms with van der Waals surface area (Å²) in [4.78, 5) is 86.8.